The van der Waals surface area contributed by atoms with Crippen molar-refractivity contribution in [2.45, 2.75) is 13.8 Å². The lowest BCUT2D eigenvalue weighted by Crippen LogP contribution is -1.93. The van der Waals surface area contributed by atoms with Gasteiger partial charge in [-0.05, 0) is 43.2 Å². The lowest BCUT2D eigenvalue weighted by atomic mass is 10.0. The van der Waals surface area contributed by atoms with Gasteiger partial charge in [0.1, 0.15) is 0 Å². The number of benzene rings is 1. The number of anilines is 1. The molecule has 0 saturated heterocycles. The molecule has 82 valence electrons. The number of pyridine rings is 1. The first-order valence-electron chi connectivity index (χ1n) is 5.06. The van der Waals surface area contributed by atoms with Crippen molar-refractivity contribution in [3.05, 3.63) is 46.7 Å². The van der Waals surface area contributed by atoms with E-state index in [4.69, 9.17) is 17.3 Å². The first-order chi connectivity index (χ1) is 7.59. The number of hydrogen-bond donors (Lipinski definition) is 1. The van der Waals surface area contributed by atoms with Crippen LogP contribution in [-0.2, 0) is 0 Å². The van der Waals surface area contributed by atoms with Crippen LogP contribution in [0.15, 0.2) is 30.6 Å². The molecule has 0 aliphatic carbocycles. The van der Waals surface area contributed by atoms with E-state index < -0.39 is 0 Å². The Morgan fingerprint density at radius 1 is 1.12 bits per heavy atom. The van der Waals surface area contributed by atoms with Crippen molar-refractivity contribution in [2.24, 2.45) is 0 Å². The summed E-state index contributed by atoms with van der Waals surface area (Å²) in [6.45, 7) is 4.10. The molecule has 1 aromatic carbocycles. The molecule has 2 rings (SSSR count). The molecule has 0 atom stereocenters. The molecule has 2 nitrogen and oxygen atoms in total. The minimum Gasteiger partial charge on any atom is -0.397 e. The van der Waals surface area contributed by atoms with Crippen LogP contribution >= 0.6 is 11.6 Å². The number of nitrogen functional groups attached to an aromatic ring is 1. The Morgan fingerprint density at radius 2 is 1.81 bits per heavy atom. The van der Waals surface area contributed by atoms with Gasteiger partial charge in [-0.15, -0.1) is 0 Å². The van der Waals surface area contributed by atoms with E-state index in [0.717, 1.165) is 16.1 Å². The average molecular weight is 233 g/mol. The highest BCUT2D eigenvalue weighted by Crippen LogP contribution is 2.33. The summed E-state index contributed by atoms with van der Waals surface area (Å²) >= 11 is 6.23. The first kappa shape index (κ1) is 11.0. The summed E-state index contributed by atoms with van der Waals surface area (Å²) in [6, 6.07) is 5.90. The van der Waals surface area contributed by atoms with Crippen LogP contribution in [-0.4, -0.2) is 4.98 Å². The summed E-state index contributed by atoms with van der Waals surface area (Å²) in [5.74, 6) is 0. The maximum Gasteiger partial charge on any atom is 0.0580 e. The molecule has 1 heterocycles. The van der Waals surface area contributed by atoms with Crippen molar-refractivity contribution in [1.82, 2.24) is 4.98 Å². The van der Waals surface area contributed by atoms with Crippen LogP contribution in [0.3, 0.4) is 0 Å². The van der Waals surface area contributed by atoms with Crippen LogP contribution in [0.5, 0.6) is 0 Å². The Morgan fingerprint density at radius 3 is 2.50 bits per heavy atom. The number of halogens is 1. The van der Waals surface area contributed by atoms with Crippen molar-refractivity contribution in [1.29, 1.82) is 0 Å². The van der Waals surface area contributed by atoms with Gasteiger partial charge in [-0.25, -0.2) is 0 Å². The minimum absolute atomic E-state index is 0.646. The predicted octanol–water partition coefficient (Wildman–Crippen LogP) is 3.60. The molecule has 0 fully saturated rings. The first-order valence-corrected chi connectivity index (χ1v) is 5.44. The molecule has 0 unspecified atom stereocenters. The fourth-order valence-corrected chi connectivity index (χ4v) is 1.96. The molecular formula is C13H13ClN2. The van der Waals surface area contributed by atoms with Gasteiger partial charge in [0.15, 0.2) is 0 Å². The maximum atomic E-state index is 6.23. The van der Waals surface area contributed by atoms with E-state index in [1.807, 2.05) is 19.1 Å². The predicted molar refractivity (Wildman–Crippen MR) is 68.6 cm³/mol. The lowest BCUT2D eigenvalue weighted by molar-refractivity contribution is 1.32. The Kier molecular flexibility index (Phi) is 2.84. The van der Waals surface area contributed by atoms with Crippen molar-refractivity contribution < 1.29 is 0 Å². The molecule has 0 spiro atoms. The zero-order valence-corrected chi connectivity index (χ0v) is 10.0. The van der Waals surface area contributed by atoms with E-state index in [1.165, 1.54) is 11.1 Å². The van der Waals surface area contributed by atoms with Gasteiger partial charge in [0.25, 0.3) is 0 Å². The zero-order valence-electron chi connectivity index (χ0n) is 9.29. The second-order valence-corrected chi connectivity index (χ2v) is 4.29. The third-order valence-corrected chi connectivity index (χ3v) is 3.04. The molecule has 0 saturated carbocycles. The molecule has 0 aliphatic heterocycles. The number of nitrogens with two attached hydrogens (primary N) is 1. The number of nitrogens with zero attached hydrogens (tertiary/aromatic N) is 1. The highest BCUT2D eigenvalue weighted by molar-refractivity contribution is 6.33. The van der Waals surface area contributed by atoms with E-state index in [9.17, 15) is 0 Å². The molecule has 3 heteroatoms. The minimum atomic E-state index is 0.646. The van der Waals surface area contributed by atoms with E-state index in [2.05, 4.69) is 18.0 Å². The van der Waals surface area contributed by atoms with Crippen LogP contribution in [0, 0.1) is 13.8 Å². The molecule has 0 radical (unpaired) electrons. The van der Waals surface area contributed by atoms with E-state index >= 15 is 0 Å². The number of aromatic nitrogens is 1. The zero-order chi connectivity index (χ0) is 11.7. The average Bonchev–Trinajstić information content (AvgIpc) is 2.25. The lowest BCUT2D eigenvalue weighted by Gasteiger charge is -2.10. The van der Waals surface area contributed by atoms with E-state index in [-0.39, 0.29) is 0 Å². The van der Waals surface area contributed by atoms with Crippen LogP contribution in [0.4, 0.5) is 5.69 Å². The van der Waals surface area contributed by atoms with Crippen molar-refractivity contribution >= 4 is 17.3 Å². The third kappa shape index (κ3) is 1.89. The Hall–Kier alpha value is -1.54. The topological polar surface area (TPSA) is 38.9 Å². The summed E-state index contributed by atoms with van der Waals surface area (Å²) in [5, 5.41) is 0.723. The van der Waals surface area contributed by atoms with Gasteiger partial charge in [0, 0.05) is 22.3 Å². The highest BCUT2D eigenvalue weighted by atomic mass is 35.5. The van der Waals surface area contributed by atoms with Crippen LogP contribution in [0.1, 0.15) is 11.1 Å². The summed E-state index contributed by atoms with van der Waals surface area (Å²) in [4.78, 5) is 3.97. The molecule has 2 N–H and O–H groups in total. The van der Waals surface area contributed by atoms with Crippen LogP contribution in [0.2, 0.25) is 5.02 Å². The second kappa shape index (κ2) is 4.14. The largest absolute Gasteiger partial charge is 0.397 e. The molecule has 0 bridgehead atoms. The van der Waals surface area contributed by atoms with Gasteiger partial charge >= 0.3 is 0 Å². The van der Waals surface area contributed by atoms with Gasteiger partial charge in [-0.3, -0.25) is 4.98 Å². The second-order valence-electron chi connectivity index (χ2n) is 3.88. The van der Waals surface area contributed by atoms with Gasteiger partial charge in [0.2, 0.25) is 0 Å². The van der Waals surface area contributed by atoms with Gasteiger partial charge in [-0.2, -0.15) is 0 Å². The van der Waals surface area contributed by atoms with Crippen LogP contribution < -0.4 is 5.73 Å². The third-order valence-electron chi connectivity index (χ3n) is 2.73. The van der Waals surface area contributed by atoms with E-state index in [1.54, 1.807) is 12.4 Å². The van der Waals surface area contributed by atoms with Gasteiger partial charge in [0.05, 0.1) is 11.9 Å². The fraction of sp³-hybridized carbons (Fsp3) is 0.154. The van der Waals surface area contributed by atoms with E-state index in [0.29, 0.717) is 5.69 Å². The summed E-state index contributed by atoms with van der Waals surface area (Å²) in [7, 11) is 0. The van der Waals surface area contributed by atoms with Gasteiger partial charge in [-0.1, -0.05) is 11.6 Å². The molecule has 1 aromatic heterocycles. The number of hydrogen-bond acceptors (Lipinski definition) is 2. The fourth-order valence-electron chi connectivity index (χ4n) is 1.64. The SMILES string of the molecule is Cc1cc(Cl)c(-c2ccncc2N)cc1C. The van der Waals surface area contributed by atoms with Crippen molar-refractivity contribution in [2.75, 3.05) is 5.73 Å². The van der Waals surface area contributed by atoms with Crippen molar-refractivity contribution in [3.63, 3.8) is 0 Å². The van der Waals surface area contributed by atoms with Crippen molar-refractivity contribution in [3.8, 4) is 11.1 Å². The molecule has 0 amide bonds. The molecular weight excluding hydrogens is 220 g/mol. The molecule has 16 heavy (non-hydrogen) atoms. The maximum absolute atomic E-state index is 6.23. The standard InChI is InChI=1S/C13H13ClN2/c1-8-5-11(12(14)6-9(8)2)10-3-4-16-7-13(10)15/h3-7H,15H2,1-2H3. The Labute approximate surface area is 100 Å². The van der Waals surface area contributed by atoms with Gasteiger partial charge < -0.3 is 5.73 Å². The number of rotatable bonds is 1. The Balaban J connectivity index is 2.65. The number of aryl methyl sites for hydroxylation is 2. The smallest absolute Gasteiger partial charge is 0.0580 e. The quantitative estimate of drug-likeness (QED) is 0.816. The normalized spacial score (nSPS) is 10.4. The Bertz CT molecular complexity index is 535. The summed E-state index contributed by atoms with van der Waals surface area (Å²) in [6.07, 6.45) is 3.36. The highest BCUT2D eigenvalue weighted by Gasteiger charge is 2.08. The summed E-state index contributed by atoms with van der Waals surface area (Å²) in [5.41, 5.74) is 10.8. The van der Waals surface area contributed by atoms with Crippen LogP contribution in [0.25, 0.3) is 11.1 Å². The summed E-state index contributed by atoms with van der Waals surface area (Å²) < 4.78 is 0. The monoisotopic (exact) mass is 232 g/mol. The molecule has 2 aromatic rings. The molecule has 0 aliphatic rings.